The molecule has 3 heterocycles. The predicted octanol–water partition coefficient (Wildman–Crippen LogP) is 5.83. The van der Waals surface area contributed by atoms with Gasteiger partial charge in [0.2, 0.25) is 11.8 Å². The number of aromatic nitrogens is 2. The fourth-order valence-corrected chi connectivity index (χ4v) is 4.82. The zero-order chi connectivity index (χ0) is 25.4. The van der Waals surface area contributed by atoms with E-state index in [2.05, 4.69) is 15.3 Å². The van der Waals surface area contributed by atoms with Crippen molar-refractivity contribution in [2.45, 2.75) is 25.6 Å². The molecule has 5 rings (SSSR count). The molecule has 0 radical (unpaired) electrons. The van der Waals surface area contributed by atoms with Gasteiger partial charge in [0.1, 0.15) is 5.56 Å². The molecule has 2 aliphatic rings. The number of anilines is 3. The maximum atomic E-state index is 13.0. The van der Waals surface area contributed by atoms with Gasteiger partial charge in [0.25, 0.3) is 5.91 Å². The Hall–Kier alpha value is -3.08. The van der Waals surface area contributed by atoms with Crippen molar-refractivity contribution in [2.75, 3.05) is 30.0 Å². The van der Waals surface area contributed by atoms with E-state index in [4.69, 9.17) is 27.9 Å². The third-order valence-electron chi connectivity index (χ3n) is 6.03. The predicted molar refractivity (Wildman–Crippen MR) is 130 cm³/mol. The van der Waals surface area contributed by atoms with Crippen molar-refractivity contribution >= 4 is 46.4 Å². The molecule has 0 saturated heterocycles. The first-order valence-corrected chi connectivity index (χ1v) is 11.9. The van der Waals surface area contributed by atoms with Crippen molar-refractivity contribution in [3.63, 3.8) is 0 Å². The van der Waals surface area contributed by atoms with Crippen LogP contribution in [0, 0.1) is 0 Å². The number of benzene rings is 2. The monoisotopic (exact) mass is 537 g/mol. The van der Waals surface area contributed by atoms with Crippen molar-refractivity contribution in [1.29, 1.82) is 0 Å². The number of fused-ring (bicyclic) bond motifs is 2. The van der Waals surface area contributed by atoms with Gasteiger partial charge in [0.15, 0.2) is 6.73 Å². The molecule has 1 aromatic heterocycles. The minimum atomic E-state index is -4.16. The maximum absolute atomic E-state index is 13.0. The number of carbonyl (C=O) groups is 1. The lowest BCUT2D eigenvalue weighted by atomic mass is 9.99. The Morgan fingerprint density at radius 3 is 2.64 bits per heavy atom. The Balaban J connectivity index is 1.28. The molecule has 0 atom stereocenters. The fraction of sp³-hybridized carbons (Fsp3) is 0.292. The second kappa shape index (κ2) is 9.76. The number of alkyl halides is 3. The lowest BCUT2D eigenvalue weighted by Crippen LogP contribution is -2.39. The number of ether oxygens (including phenoxy) is 1. The zero-order valence-electron chi connectivity index (χ0n) is 18.8. The molecule has 7 nitrogen and oxygen atoms in total. The summed E-state index contributed by atoms with van der Waals surface area (Å²) in [7, 11) is 0. The Bertz CT molecular complexity index is 1300. The van der Waals surface area contributed by atoms with Crippen LogP contribution in [-0.4, -0.2) is 46.8 Å². The van der Waals surface area contributed by atoms with Crippen LogP contribution in [0.5, 0.6) is 5.88 Å². The topological polar surface area (TPSA) is 70.6 Å². The Morgan fingerprint density at radius 2 is 1.89 bits per heavy atom. The van der Waals surface area contributed by atoms with Crippen LogP contribution in [0.2, 0.25) is 10.0 Å². The van der Waals surface area contributed by atoms with Crippen molar-refractivity contribution in [1.82, 2.24) is 14.9 Å². The summed E-state index contributed by atoms with van der Waals surface area (Å²) in [6.07, 6.45) is -2.95. The average Bonchev–Trinajstić information content (AvgIpc) is 2.83. The van der Waals surface area contributed by atoms with Gasteiger partial charge in [-0.1, -0.05) is 35.3 Å². The van der Waals surface area contributed by atoms with Crippen molar-refractivity contribution in [2.24, 2.45) is 0 Å². The quantitative estimate of drug-likeness (QED) is 0.441. The molecular weight excluding hydrogens is 518 g/mol. The molecule has 2 aliphatic heterocycles. The lowest BCUT2D eigenvalue weighted by molar-refractivity contribution is -0.138. The highest BCUT2D eigenvalue weighted by atomic mass is 35.5. The number of amides is 1. The van der Waals surface area contributed by atoms with Crippen molar-refractivity contribution < 1.29 is 22.7 Å². The maximum Gasteiger partial charge on any atom is 0.390 e. The van der Waals surface area contributed by atoms with Crippen LogP contribution in [0.15, 0.2) is 42.6 Å². The van der Waals surface area contributed by atoms with Gasteiger partial charge in [0.05, 0.1) is 22.2 Å². The van der Waals surface area contributed by atoms with E-state index in [0.717, 1.165) is 16.8 Å². The summed E-state index contributed by atoms with van der Waals surface area (Å²) >= 11 is 12.5. The van der Waals surface area contributed by atoms with E-state index in [-0.39, 0.29) is 36.6 Å². The fourth-order valence-electron chi connectivity index (χ4n) is 4.22. The number of para-hydroxylation sites is 1. The van der Waals surface area contributed by atoms with Gasteiger partial charge in [-0.15, -0.1) is 0 Å². The standard InChI is InChI=1S/C24H20Cl2F3N5O2/c25-18-2-1-3-19(26)20(18)34-13-36-21-17(22(34)35)11-30-23(32-21)31-16-5-4-15-12-33(8-6-14(15)10-16)9-7-24(27,28)29/h1-5,10-11H,6-9,12-13H2,(H,30,31,32). The van der Waals surface area contributed by atoms with Crippen molar-refractivity contribution in [3.05, 3.63) is 69.3 Å². The molecular formula is C24H20Cl2F3N5O2. The van der Waals surface area contributed by atoms with E-state index in [0.29, 0.717) is 35.2 Å². The minimum absolute atomic E-state index is 0.00919. The van der Waals surface area contributed by atoms with Gasteiger partial charge in [0, 0.05) is 31.5 Å². The molecule has 3 aromatic rings. The number of rotatable bonds is 5. The third-order valence-corrected chi connectivity index (χ3v) is 6.64. The number of hydrogen-bond donors (Lipinski definition) is 1. The van der Waals surface area contributed by atoms with Gasteiger partial charge in [-0.25, -0.2) is 4.98 Å². The third kappa shape index (κ3) is 5.21. The van der Waals surface area contributed by atoms with E-state index in [1.165, 1.54) is 11.1 Å². The largest absolute Gasteiger partial charge is 0.455 e. The number of nitrogens with zero attached hydrogens (tertiary/aromatic N) is 4. The van der Waals surface area contributed by atoms with Gasteiger partial charge in [-0.05, 0) is 41.8 Å². The highest BCUT2D eigenvalue weighted by Gasteiger charge is 2.32. The lowest BCUT2D eigenvalue weighted by Gasteiger charge is -2.29. The molecule has 0 unspecified atom stereocenters. The highest BCUT2D eigenvalue weighted by Crippen LogP contribution is 2.37. The molecule has 12 heteroatoms. The van der Waals surface area contributed by atoms with E-state index >= 15 is 0 Å². The van der Waals surface area contributed by atoms with Crippen LogP contribution >= 0.6 is 23.2 Å². The van der Waals surface area contributed by atoms with Crippen LogP contribution in [0.4, 0.5) is 30.5 Å². The summed E-state index contributed by atoms with van der Waals surface area (Å²) in [5.74, 6) is -0.00908. The number of nitrogens with one attached hydrogen (secondary N) is 1. The first-order chi connectivity index (χ1) is 17.2. The molecule has 0 fully saturated rings. The summed E-state index contributed by atoms with van der Waals surface area (Å²) in [5, 5.41) is 3.74. The minimum Gasteiger partial charge on any atom is -0.455 e. The smallest absolute Gasteiger partial charge is 0.390 e. The molecule has 188 valence electrons. The molecule has 0 aliphatic carbocycles. The second-order valence-corrected chi connectivity index (χ2v) is 9.30. The first-order valence-electron chi connectivity index (χ1n) is 11.1. The molecule has 36 heavy (non-hydrogen) atoms. The summed E-state index contributed by atoms with van der Waals surface area (Å²) in [4.78, 5) is 24.8. The SMILES string of the molecule is O=C1c2cnc(Nc3ccc4c(c3)CCN(CCC(F)(F)F)C4)nc2OCN1c1c(Cl)cccc1Cl. The number of halogens is 5. The second-order valence-electron chi connectivity index (χ2n) is 8.49. The van der Waals surface area contributed by atoms with Gasteiger partial charge in [-0.3, -0.25) is 14.6 Å². The first kappa shape index (κ1) is 24.6. The number of hydrogen-bond acceptors (Lipinski definition) is 6. The molecule has 2 aromatic carbocycles. The zero-order valence-corrected chi connectivity index (χ0v) is 20.3. The Kier molecular flexibility index (Phi) is 6.67. The number of carbonyl (C=O) groups excluding carboxylic acids is 1. The average molecular weight is 538 g/mol. The molecule has 1 N–H and O–H groups in total. The van der Waals surface area contributed by atoms with Crippen LogP contribution in [-0.2, 0) is 13.0 Å². The summed E-state index contributed by atoms with van der Waals surface area (Å²) in [6.45, 7) is 0.910. The van der Waals surface area contributed by atoms with E-state index in [1.54, 1.807) is 18.2 Å². The molecule has 0 saturated carbocycles. The Morgan fingerprint density at radius 1 is 1.11 bits per heavy atom. The van der Waals surface area contributed by atoms with E-state index in [9.17, 15) is 18.0 Å². The van der Waals surface area contributed by atoms with Gasteiger partial charge >= 0.3 is 6.18 Å². The summed E-state index contributed by atoms with van der Waals surface area (Å²) in [6, 6.07) is 10.6. The van der Waals surface area contributed by atoms with E-state index < -0.39 is 12.6 Å². The van der Waals surface area contributed by atoms with Crippen LogP contribution < -0.4 is 15.0 Å². The highest BCUT2D eigenvalue weighted by molar-refractivity contribution is 6.40. The molecule has 1 amide bonds. The summed E-state index contributed by atoms with van der Waals surface area (Å²) < 4.78 is 43.3. The normalized spacial score (nSPS) is 15.8. The molecule has 0 bridgehead atoms. The van der Waals surface area contributed by atoms with Crippen LogP contribution in [0.3, 0.4) is 0 Å². The van der Waals surface area contributed by atoms with Crippen molar-refractivity contribution in [3.8, 4) is 5.88 Å². The van der Waals surface area contributed by atoms with Crippen LogP contribution in [0.1, 0.15) is 27.9 Å². The Labute approximate surface area is 214 Å². The summed E-state index contributed by atoms with van der Waals surface area (Å²) in [5.41, 5.74) is 3.30. The molecule has 0 spiro atoms. The van der Waals surface area contributed by atoms with Gasteiger partial charge < -0.3 is 10.1 Å². The van der Waals surface area contributed by atoms with Crippen LogP contribution in [0.25, 0.3) is 0 Å². The van der Waals surface area contributed by atoms with Gasteiger partial charge in [-0.2, -0.15) is 18.2 Å². The van der Waals surface area contributed by atoms with E-state index in [1.807, 2.05) is 23.1 Å².